The highest BCUT2D eigenvalue weighted by molar-refractivity contribution is 5.97. The second-order valence-corrected chi connectivity index (χ2v) is 4.18. The van der Waals surface area contributed by atoms with Crippen molar-refractivity contribution >= 4 is 17.3 Å². The minimum absolute atomic E-state index is 0.100. The zero-order chi connectivity index (χ0) is 14.0. The molecule has 104 valence electrons. The van der Waals surface area contributed by atoms with Crippen molar-refractivity contribution in [3.05, 3.63) is 24.3 Å². The van der Waals surface area contributed by atoms with Gasteiger partial charge in [0.15, 0.2) is 0 Å². The van der Waals surface area contributed by atoms with Crippen molar-refractivity contribution in [1.82, 2.24) is 0 Å². The Balaban J connectivity index is 2.21. The maximum Gasteiger partial charge on any atom is 0.482 e. The summed E-state index contributed by atoms with van der Waals surface area (Å²) in [6.07, 6.45) is -5.08. The van der Waals surface area contributed by atoms with E-state index < -0.39 is 12.4 Å². The Labute approximate surface area is 108 Å². The van der Waals surface area contributed by atoms with Crippen molar-refractivity contribution in [2.24, 2.45) is 0 Å². The molecule has 0 saturated carbocycles. The van der Waals surface area contributed by atoms with Crippen LogP contribution in [-0.2, 0) is 9.53 Å². The van der Waals surface area contributed by atoms with Gasteiger partial charge in [-0.25, -0.2) is 0 Å². The van der Waals surface area contributed by atoms with Crippen molar-refractivity contribution in [1.29, 1.82) is 0 Å². The summed E-state index contributed by atoms with van der Waals surface area (Å²) in [5.74, 6) is -0.254. The smallest absolute Gasteiger partial charge is 0.367 e. The van der Waals surface area contributed by atoms with Crippen LogP contribution in [0.5, 0.6) is 0 Å². The number of nitrogens with one attached hydrogen (secondary N) is 1. The first-order valence-electron chi connectivity index (χ1n) is 5.75. The number of halogens is 3. The third kappa shape index (κ3) is 3.37. The van der Waals surface area contributed by atoms with Crippen LogP contribution in [-0.4, -0.2) is 31.5 Å². The van der Waals surface area contributed by atoms with E-state index in [0.717, 1.165) is 0 Å². The lowest BCUT2D eigenvalue weighted by molar-refractivity contribution is -0.132. The topological polar surface area (TPSA) is 41.6 Å². The van der Waals surface area contributed by atoms with E-state index in [-0.39, 0.29) is 11.6 Å². The molecular weight excluding hydrogens is 261 g/mol. The summed E-state index contributed by atoms with van der Waals surface area (Å²) in [4.78, 5) is 13.3. The molecule has 1 N–H and O–H groups in total. The average molecular weight is 274 g/mol. The molecule has 1 fully saturated rings. The molecule has 0 aliphatic carbocycles. The number of amides is 1. The van der Waals surface area contributed by atoms with Gasteiger partial charge in [0, 0.05) is 17.9 Å². The molecule has 1 aliphatic heterocycles. The van der Waals surface area contributed by atoms with Gasteiger partial charge in [-0.05, 0) is 25.1 Å². The third-order valence-corrected chi connectivity index (χ3v) is 2.74. The number of carbonyl (C=O) groups is 1. The summed E-state index contributed by atoms with van der Waals surface area (Å²) in [6.45, 7) is 2.31. The normalized spacial score (nSPS) is 20.5. The Hall–Kier alpha value is -1.76. The quantitative estimate of drug-likeness (QED) is 0.842. The lowest BCUT2D eigenvalue weighted by Crippen LogP contribution is -2.46. The SMILES string of the molecule is CC1OCCN(c2cccc(NC(F)(F)F)c2)C1=O. The van der Waals surface area contributed by atoms with E-state index in [9.17, 15) is 18.0 Å². The molecule has 1 saturated heterocycles. The van der Waals surface area contributed by atoms with E-state index in [4.69, 9.17) is 4.74 Å². The summed E-state index contributed by atoms with van der Waals surface area (Å²) in [6, 6.07) is 5.66. The number of ether oxygens (including phenoxy) is 1. The van der Waals surface area contributed by atoms with Gasteiger partial charge in [-0.3, -0.25) is 10.1 Å². The molecule has 4 nitrogen and oxygen atoms in total. The first-order chi connectivity index (χ1) is 8.87. The van der Waals surface area contributed by atoms with Crippen molar-refractivity contribution < 1.29 is 22.7 Å². The molecule has 7 heteroatoms. The second-order valence-electron chi connectivity index (χ2n) is 4.18. The number of nitrogens with zero attached hydrogens (tertiary/aromatic N) is 1. The highest BCUT2D eigenvalue weighted by Gasteiger charge is 2.29. The van der Waals surface area contributed by atoms with Gasteiger partial charge in [0.1, 0.15) is 6.10 Å². The number of benzene rings is 1. The van der Waals surface area contributed by atoms with Crippen LogP contribution in [0.2, 0.25) is 0 Å². The zero-order valence-corrected chi connectivity index (χ0v) is 10.2. The predicted octanol–water partition coefficient (Wildman–Crippen LogP) is 2.37. The molecule has 0 bridgehead atoms. The first kappa shape index (κ1) is 13.7. The van der Waals surface area contributed by atoms with Gasteiger partial charge in [0.05, 0.1) is 6.61 Å². The third-order valence-electron chi connectivity index (χ3n) is 2.74. The number of alkyl halides is 3. The number of rotatable bonds is 2. The minimum atomic E-state index is -4.50. The lowest BCUT2D eigenvalue weighted by atomic mass is 10.2. The molecule has 1 unspecified atom stereocenters. The van der Waals surface area contributed by atoms with E-state index in [1.807, 2.05) is 0 Å². The van der Waals surface area contributed by atoms with Gasteiger partial charge in [-0.15, -0.1) is 0 Å². The predicted molar refractivity (Wildman–Crippen MR) is 63.9 cm³/mol. The molecule has 2 rings (SSSR count). The molecule has 0 aromatic heterocycles. The van der Waals surface area contributed by atoms with Gasteiger partial charge in [0.25, 0.3) is 5.91 Å². The molecule has 1 aliphatic rings. The standard InChI is InChI=1S/C12H13F3N2O2/c1-8-11(18)17(5-6-19-8)10-4-2-3-9(7-10)16-12(13,14)15/h2-4,7-8,16H,5-6H2,1H3. The second kappa shape index (κ2) is 5.08. The molecule has 1 aromatic rings. The van der Waals surface area contributed by atoms with Gasteiger partial charge >= 0.3 is 6.30 Å². The molecule has 1 aromatic carbocycles. The fraction of sp³-hybridized carbons (Fsp3) is 0.417. The van der Waals surface area contributed by atoms with Crippen LogP contribution < -0.4 is 10.2 Å². The lowest BCUT2D eigenvalue weighted by Gasteiger charge is -2.31. The fourth-order valence-electron chi connectivity index (χ4n) is 1.89. The maximum atomic E-state index is 12.2. The van der Waals surface area contributed by atoms with Crippen LogP contribution in [0.15, 0.2) is 24.3 Å². The van der Waals surface area contributed by atoms with Gasteiger partial charge in [-0.2, -0.15) is 13.2 Å². The molecule has 0 radical (unpaired) electrons. The summed E-state index contributed by atoms with van der Waals surface area (Å²) >= 11 is 0. The monoisotopic (exact) mass is 274 g/mol. The van der Waals surface area contributed by atoms with E-state index >= 15 is 0 Å². The first-order valence-corrected chi connectivity index (χ1v) is 5.75. The van der Waals surface area contributed by atoms with Crippen LogP contribution >= 0.6 is 0 Å². The Morgan fingerprint density at radius 3 is 2.84 bits per heavy atom. The Bertz CT molecular complexity index is 476. The molecule has 19 heavy (non-hydrogen) atoms. The summed E-state index contributed by atoms with van der Waals surface area (Å²) < 4.78 is 41.9. The van der Waals surface area contributed by atoms with Crippen LogP contribution in [0.4, 0.5) is 24.5 Å². The Kier molecular flexibility index (Phi) is 3.66. The fourth-order valence-corrected chi connectivity index (χ4v) is 1.89. The van der Waals surface area contributed by atoms with Crippen LogP contribution in [0, 0.1) is 0 Å². The number of carbonyl (C=O) groups excluding carboxylic acids is 1. The van der Waals surface area contributed by atoms with Gasteiger partial charge < -0.3 is 9.64 Å². The highest BCUT2D eigenvalue weighted by Crippen LogP contribution is 2.25. The molecule has 0 spiro atoms. The van der Waals surface area contributed by atoms with Crippen LogP contribution in [0.25, 0.3) is 0 Å². The molecule has 1 heterocycles. The number of morpholine rings is 1. The average Bonchev–Trinajstić information content (AvgIpc) is 2.31. The summed E-state index contributed by atoms with van der Waals surface area (Å²) in [7, 11) is 0. The van der Waals surface area contributed by atoms with E-state index in [1.165, 1.54) is 28.4 Å². The molecule has 1 atom stereocenters. The summed E-state index contributed by atoms with van der Waals surface area (Å²) in [5.41, 5.74) is 0.325. The van der Waals surface area contributed by atoms with E-state index in [1.54, 1.807) is 13.0 Å². The van der Waals surface area contributed by atoms with Crippen molar-refractivity contribution in [2.75, 3.05) is 23.4 Å². The van der Waals surface area contributed by atoms with Crippen molar-refractivity contribution in [3.63, 3.8) is 0 Å². The Morgan fingerprint density at radius 1 is 1.42 bits per heavy atom. The van der Waals surface area contributed by atoms with Gasteiger partial charge in [0.2, 0.25) is 0 Å². The number of anilines is 2. The van der Waals surface area contributed by atoms with Gasteiger partial charge in [-0.1, -0.05) is 6.07 Å². The molecular formula is C12H13F3N2O2. The highest BCUT2D eigenvalue weighted by atomic mass is 19.4. The summed E-state index contributed by atoms with van der Waals surface area (Å²) in [5, 5.41) is 1.42. The maximum absolute atomic E-state index is 12.2. The van der Waals surface area contributed by atoms with Crippen molar-refractivity contribution in [2.45, 2.75) is 19.3 Å². The van der Waals surface area contributed by atoms with E-state index in [2.05, 4.69) is 0 Å². The number of hydrogen-bond acceptors (Lipinski definition) is 3. The Morgan fingerprint density at radius 2 is 2.16 bits per heavy atom. The molecule has 1 amide bonds. The van der Waals surface area contributed by atoms with Crippen LogP contribution in [0.3, 0.4) is 0 Å². The largest absolute Gasteiger partial charge is 0.482 e. The van der Waals surface area contributed by atoms with E-state index in [0.29, 0.717) is 18.8 Å². The van der Waals surface area contributed by atoms with Crippen molar-refractivity contribution in [3.8, 4) is 0 Å². The van der Waals surface area contributed by atoms with Crippen LogP contribution in [0.1, 0.15) is 6.92 Å². The number of hydrogen-bond donors (Lipinski definition) is 1. The zero-order valence-electron chi connectivity index (χ0n) is 10.2. The minimum Gasteiger partial charge on any atom is -0.367 e.